The molecule has 1 aromatic carbocycles. The summed E-state index contributed by atoms with van der Waals surface area (Å²) in [6.45, 7) is 14.3. The van der Waals surface area contributed by atoms with Gasteiger partial charge in [0.25, 0.3) is 0 Å². The van der Waals surface area contributed by atoms with E-state index in [0.717, 1.165) is 0 Å². The van der Waals surface area contributed by atoms with Crippen LogP contribution in [0.25, 0.3) is 0 Å². The Bertz CT molecular complexity index is 748. The lowest BCUT2D eigenvalue weighted by atomic mass is 10.0. The highest BCUT2D eigenvalue weighted by molar-refractivity contribution is 5.92. The zero-order chi connectivity index (χ0) is 23.3. The van der Waals surface area contributed by atoms with E-state index in [1.807, 2.05) is 20.8 Å². The van der Waals surface area contributed by atoms with Gasteiger partial charge in [-0.15, -0.1) is 0 Å². The number of amides is 3. The Kier molecular flexibility index (Phi) is 8.27. The molecule has 1 rings (SSSR count). The first-order valence-electron chi connectivity index (χ1n) is 10.1. The van der Waals surface area contributed by atoms with Gasteiger partial charge in [0.15, 0.2) is 0 Å². The van der Waals surface area contributed by atoms with Gasteiger partial charge in [-0.3, -0.25) is 9.59 Å². The van der Waals surface area contributed by atoms with Gasteiger partial charge in [0, 0.05) is 12.1 Å². The smallest absolute Gasteiger partial charge is 0.408 e. The molecule has 0 bridgehead atoms. The molecule has 8 heteroatoms. The predicted molar refractivity (Wildman–Crippen MR) is 115 cm³/mol. The van der Waals surface area contributed by atoms with Gasteiger partial charge in [0.2, 0.25) is 11.8 Å². The van der Waals surface area contributed by atoms with E-state index in [0.29, 0.717) is 5.56 Å². The van der Waals surface area contributed by atoms with Gasteiger partial charge in [0.05, 0.1) is 0 Å². The van der Waals surface area contributed by atoms with Gasteiger partial charge < -0.3 is 25.4 Å². The lowest BCUT2D eigenvalue weighted by molar-refractivity contribution is -0.142. The number of alkyl carbamates (subject to hydrolysis) is 1. The summed E-state index contributed by atoms with van der Waals surface area (Å²) in [6.07, 6.45) is -0.709. The Labute approximate surface area is 179 Å². The van der Waals surface area contributed by atoms with Crippen LogP contribution in [0.3, 0.4) is 0 Å². The molecule has 0 aliphatic carbocycles. The fraction of sp³-hybridized carbons (Fsp3) is 0.591. The molecule has 0 aliphatic heterocycles. The molecule has 30 heavy (non-hydrogen) atoms. The van der Waals surface area contributed by atoms with Crippen molar-refractivity contribution in [2.45, 2.75) is 78.6 Å². The molecule has 0 spiro atoms. The number of carbonyl (C=O) groups excluding carboxylic acids is 3. The van der Waals surface area contributed by atoms with E-state index in [9.17, 15) is 19.5 Å². The summed E-state index contributed by atoms with van der Waals surface area (Å²) in [5, 5.41) is 15.0. The maximum absolute atomic E-state index is 13.2. The van der Waals surface area contributed by atoms with Crippen LogP contribution in [-0.4, -0.2) is 51.6 Å². The monoisotopic (exact) mass is 421 g/mol. The SMILES string of the molecule is CCN(C(=O)C(C)NC(=O)OC(C)(C)C)C(C(=O)NC(C)(C)C)c1ccc(O)cc1. The van der Waals surface area contributed by atoms with Crippen LogP contribution in [0.2, 0.25) is 0 Å². The molecule has 2 atom stereocenters. The van der Waals surface area contributed by atoms with Crippen LogP contribution in [0.15, 0.2) is 24.3 Å². The second kappa shape index (κ2) is 9.82. The summed E-state index contributed by atoms with van der Waals surface area (Å²) in [4.78, 5) is 39.7. The molecule has 2 unspecified atom stereocenters. The molecule has 0 saturated carbocycles. The third-order valence-corrected chi connectivity index (χ3v) is 3.99. The molecule has 0 radical (unpaired) electrons. The van der Waals surface area contributed by atoms with Crippen molar-refractivity contribution in [2.24, 2.45) is 0 Å². The van der Waals surface area contributed by atoms with Gasteiger partial charge in [-0.1, -0.05) is 12.1 Å². The molecule has 3 amide bonds. The lowest BCUT2D eigenvalue weighted by Gasteiger charge is -2.34. The number of likely N-dealkylation sites (N-methyl/N-ethyl adjacent to an activating group) is 1. The quantitative estimate of drug-likeness (QED) is 0.654. The molecule has 3 N–H and O–H groups in total. The van der Waals surface area contributed by atoms with E-state index in [1.54, 1.807) is 46.8 Å². The molecular weight excluding hydrogens is 386 g/mol. The van der Waals surface area contributed by atoms with E-state index in [-0.39, 0.29) is 18.2 Å². The molecule has 0 saturated heterocycles. The van der Waals surface area contributed by atoms with Gasteiger partial charge in [-0.05, 0) is 73.1 Å². The third-order valence-electron chi connectivity index (χ3n) is 3.99. The average molecular weight is 422 g/mol. The highest BCUT2D eigenvalue weighted by Crippen LogP contribution is 2.25. The number of ether oxygens (including phenoxy) is 1. The number of rotatable bonds is 6. The molecule has 168 valence electrons. The lowest BCUT2D eigenvalue weighted by Crippen LogP contribution is -2.53. The van der Waals surface area contributed by atoms with Crippen molar-refractivity contribution < 1.29 is 24.2 Å². The van der Waals surface area contributed by atoms with Gasteiger partial charge in [-0.25, -0.2) is 4.79 Å². The van der Waals surface area contributed by atoms with Crippen molar-refractivity contribution >= 4 is 17.9 Å². The molecule has 1 aromatic rings. The first-order chi connectivity index (χ1) is 13.6. The fourth-order valence-corrected chi connectivity index (χ4v) is 2.83. The number of aromatic hydroxyl groups is 1. The highest BCUT2D eigenvalue weighted by atomic mass is 16.6. The van der Waals surface area contributed by atoms with Gasteiger partial charge in [-0.2, -0.15) is 0 Å². The minimum absolute atomic E-state index is 0.0584. The number of phenolic OH excluding ortho intramolecular Hbond substituents is 1. The minimum Gasteiger partial charge on any atom is -0.508 e. The molecular formula is C22H35N3O5. The number of phenols is 1. The van der Waals surface area contributed by atoms with Crippen LogP contribution < -0.4 is 10.6 Å². The second-order valence-electron chi connectivity index (χ2n) is 9.23. The second-order valence-corrected chi connectivity index (χ2v) is 9.23. The highest BCUT2D eigenvalue weighted by Gasteiger charge is 2.35. The van der Waals surface area contributed by atoms with Crippen LogP contribution in [0.5, 0.6) is 5.75 Å². The standard InChI is InChI=1S/C22H35N3O5/c1-9-25(19(28)14(2)23-20(29)30-22(6,7)8)17(18(27)24-21(3,4)5)15-10-12-16(26)13-11-15/h10-14,17,26H,9H2,1-8H3,(H,23,29)(H,24,27). The minimum atomic E-state index is -0.926. The average Bonchev–Trinajstić information content (AvgIpc) is 2.56. The summed E-state index contributed by atoms with van der Waals surface area (Å²) >= 11 is 0. The number of carbonyl (C=O) groups is 3. The van der Waals surface area contributed by atoms with Crippen LogP contribution in [0.4, 0.5) is 4.79 Å². The summed E-state index contributed by atoms with van der Waals surface area (Å²) in [5.74, 6) is -0.721. The topological polar surface area (TPSA) is 108 Å². The summed E-state index contributed by atoms with van der Waals surface area (Å²) in [7, 11) is 0. The van der Waals surface area contributed by atoms with Crippen molar-refractivity contribution in [3.05, 3.63) is 29.8 Å². The number of benzene rings is 1. The molecule has 0 heterocycles. The van der Waals surface area contributed by atoms with Crippen molar-refractivity contribution in [3.8, 4) is 5.75 Å². The Morgan fingerprint density at radius 1 is 1.07 bits per heavy atom. The van der Waals surface area contributed by atoms with Crippen LogP contribution >= 0.6 is 0 Å². The fourth-order valence-electron chi connectivity index (χ4n) is 2.83. The molecule has 0 fully saturated rings. The Hall–Kier alpha value is -2.77. The summed E-state index contributed by atoms with van der Waals surface area (Å²) in [5.41, 5.74) is -0.651. The van der Waals surface area contributed by atoms with E-state index in [4.69, 9.17) is 4.74 Å². The summed E-state index contributed by atoms with van der Waals surface area (Å²) in [6, 6.07) is 4.31. The number of hydrogen-bond donors (Lipinski definition) is 3. The van der Waals surface area contributed by atoms with Crippen molar-refractivity contribution in [1.82, 2.24) is 15.5 Å². The van der Waals surface area contributed by atoms with E-state index < -0.39 is 35.2 Å². The maximum atomic E-state index is 13.2. The van der Waals surface area contributed by atoms with E-state index in [1.165, 1.54) is 17.0 Å². The van der Waals surface area contributed by atoms with Gasteiger partial charge >= 0.3 is 6.09 Å². The zero-order valence-electron chi connectivity index (χ0n) is 19.2. The Morgan fingerprint density at radius 2 is 1.60 bits per heavy atom. The first kappa shape index (κ1) is 25.3. The number of hydrogen-bond acceptors (Lipinski definition) is 5. The Balaban J connectivity index is 3.18. The maximum Gasteiger partial charge on any atom is 0.408 e. The predicted octanol–water partition coefficient (Wildman–Crippen LogP) is 3.11. The van der Waals surface area contributed by atoms with Crippen molar-refractivity contribution in [1.29, 1.82) is 0 Å². The van der Waals surface area contributed by atoms with Crippen molar-refractivity contribution in [2.75, 3.05) is 6.54 Å². The van der Waals surface area contributed by atoms with E-state index >= 15 is 0 Å². The van der Waals surface area contributed by atoms with Crippen LogP contribution in [0, 0.1) is 0 Å². The summed E-state index contributed by atoms with van der Waals surface area (Å²) < 4.78 is 5.22. The normalized spacial score (nSPS) is 13.7. The molecule has 0 aromatic heterocycles. The molecule has 0 aliphatic rings. The van der Waals surface area contributed by atoms with E-state index in [2.05, 4.69) is 10.6 Å². The van der Waals surface area contributed by atoms with Crippen molar-refractivity contribution in [3.63, 3.8) is 0 Å². The third kappa shape index (κ3) is 7.93. The zero-order valence-corrected chi connectivity index (χ0v) is 19.2. The van der Waals surface area contributed by atoms with Crippen LogP contribution in [-0.2, 0) is 14.3 Å². The molecule has 8 nitrogen and oxygen atoms in total. The first-order valence-corrected chi connectivity index (χ1v) is 10.1. The number of nitrogens with zero attached hydrogens (tertiary/aromatic N) is 1. The van der Waals surface area contributed by atoms with Gasteiger partial charge in [0.1, 0.15) is 23.4 Å². The number of nitrogens with one attached hydrogen (secondary N) is 2. The Morgan fingerprint density at radius 3 is 2.03 bits per heavy atom. The largest absolute Gasteiger partial charge is 0.508 e. The van der Waals surface area contributed by atoms with Crippen LogP contribution in [0.1, 0.15) is 67.0 Å².